The van der Waals surface area contributed by atoms with Gasteiger partial charge in [0.25, 0.3) is 0 Å². The summed E-state index contributed by atoms with van der Waals surface area (Å²) in [7, 11) is 0. The fourth-order valence-corrected chi connectivity index (χ4v) is 3.80. The van der Waals surface area contributed by atoms with Crippen molar-refractivity contribution in [3.05, 3.63) is 65.5 Å². The number of aromatic nitrogens is 3. The van der Waals surface area contributed by atoms with E-state index in [0.29, 0.717) is 6.54 Å². The van der Waals surface area contributed by atoms with Gasteiger partial charge >= 0.3 is 0 Å². The molecule has 0 saturated heterocycles. The molecule has 152 valence electrons. The van der Waals surface area contributed by atoms with Crippen LogP contribution in [-0.4, -0.2) is 25.9 Å². The number of nitrogens with one attached hydrogen (secondary N) is 2. The van der Waals surface area contributed by atoms with Gasteiger partial charge in [0.05, 0.1) is 11.8 Å². The van der Waals surface area contributed by atoms with E-state index in [1.807, 2.05) is 42.7 Å². The molecule has 7 heteroatoms. The molecule has 3 rings (SSSR count). The molecule has 1 aromatic heterocycles. The number of benzene rings is 2. The highest BCUT2D eigenvalue weighted by molar-refractivity contribution is 8.00. The van der Waals surface area contributed by atoms with Gasteiger partial charge in [0.1, 0.15) is 0 Å². The Balaban J connectivity index is 1.63. The molecule has 0 bridgehead atoms. The Morgan fingerprint density at radius 2 is 1.83 bits per heavy atom. The van der Waals surface area contributed by atoms with Gasteiger partial charge in [0, 0.05) is 17.9 Å². The lowest BCUT2D eigenvalue weighted by atomic mass is 10.2. The molecule has 0 aliphatic carbocycles. The van der Waals surface area contributed by atoms with Crippen LogP contribution in [-0.2, 0) is 17.9 Å². The van der Waals surface area contributed by atoms with Gasteiger partial charge in [-0.05, 0) is 51.5 Å². The molecular weight excluding hydrogens is 382 g/mol. The standard InChI is InChI=1S/C22H27N5OS/c1-5-27-20(14-23-18-12-10-15(2)11-13-18)25-26-22(27)29-17(4)21(28)24-19-9-7-6-8-16(19)3/h6-13,17,23H,5,14H2,1-4H3,(H,24,28)/t17-/m1/s1. The Labute approximate surface area is 176 Å². The van der Waals surface area contributed by atoms with Crippen molar-refractivity contribution in [1.82, 2.24) is 14.8 Å². The van der Waals surface area contributed by atoms with Crippen LogP contribution in [0.3, 0.4) is 0 Å². The van der Waals surface area contributed by atoms with E-state index >= 15 is 0 Å². The van der Waals surface area contributed by atoms with Gasteiger partial charge in [0.2, 0.25) is 5.91 Å². The number of rotatable bonds is 8. The smallest absolute Gasteiger partial charge is 0.237 e. The molecule has 2 N–H and O–H groups in total. The van der Waals surface area contributed by atoms with E-state index in [0.717, 1.165) is 34.5 Å². The van der Waals surface area contributed by atoms with Gasteiger partial charge in [-0.2, -0.15) is 0 Å². The second-order valence-corrected chi connectivity index (χ2v) is 8.23. The molecule has 29 heavy (non-hydrogen) atoms. The van der Waals surface area contributed by atoms with Gasteiger partial charge in [0.15, 0.2) is 11.0 Å². The summed E-state index contributed by atoms with van der Waals surface area (Å²) in [6, 6.07) is 16.0. The van der Waals surface area contributed by atoms with Crippen molar-refractivity contribution in [2.24, 2.45) is 0 Å². The highest BCUT2D eigenvalue weighted by Crippen LogP contribution is 2.24. The molecule has 0 aliphatic rings. The minimum Gasteiger partial charge on any atom is -0.378 e. The van der Waals surface area contributed by atoms with E-state index in [2.05, 4.69) is 58.9 Å². The Morgan fingerprint density at radius 1 is 1.10 bits per heavy atom. The summed E-state index contributed by atoms with van der Waals surface area (Å²) >= 11 is 1.42. The first-order valence-corrected chi connectivity index (χ1v) is 10.6. The number of amides is 1. The first kappa shape index (κ1) is 20.9. The molecule has 0 saturated carbocycles. The lowest BCUT2D eigenvalue weighted by molar-refractivity contribution is -0.115. The highest BCUT2D eigenvalue weighted by Gasteiger charge is 2.20. The fraction of sp³-hybridized carbons (Fsp3) is 0.318. The second kappa shape index (κ2) is 9.60. The molecule has 0 radical (unpaired) electrons. The number of aryl methyl sites for hydroxylation is 2. The molecule has 2 aromatic carbocycles. The normalized spacial score (nSPS) is 11.9. The second-order valence-electron chi connectivity index (χ2n) is 6.93. The van der Waals surface area contributed by atoms with Crippen molar-refractivity contribution in [3.8, 4) is 0 Å². The van der Waals surface area contributed by atoms with Gasteiger partial charge in [-0.1, -0.05) is 47.7 Å². The summed E-state index contributed by atoms with van der Waals surface area (Å²) in [5.41, 5.74) is 4.15. The summed E-state index contributed by atoms with van der Waals surface area (Å²) in [6.45, 7) is 9.31. The van der Waals surface area contributed by atoms with Crippen LogP contribution >= 0.6 is 11.8 Å². The summed E-state index contributed by atoms with van der Waals surface area (Å²) in [5.74, 6) is 0.802. The van der Waals surface area contributed by atoms with Crippen LogP contribution in [0.2, 0.25) is 0 Å². The average molecular weight is 410 g/mol. The fourth-order valence-electron chi connectivity index (χ4n) is 2.87. The highest BCUT2D eigenvalue weighted by atomic mass is 32.2. The van der Waals surface area contributed by atoms with Crippen molar-refractivity contribution in [2.75, 3.05) is 10.6 Å². The summed E-state index contributed by atoms with van der Waals surface area (Å²) < 4.78 is 2.05. The van der Waals surface area contributed by atoms with Crippen molar-refractivity contribution >= 4 is 29.0 Å². The number of para-hydroxylation sites is 1. The number of hydrogen-bond acceptors (Lipinski definition) is 5. The van der Waals surface area contributed by atoms with E-state index in [-0.39, 0.29) is 11.2 Å². The first-order valence-electron chi connectivity index (χ1n) is 9.73. The van der Waals surface area contributed by atoms with Crippen LogP contribution in [0.1, 0.15) is 30.8 Å². The summed E-state index contributed by atoms with van der Waals surface area (Å²) in [5, 5.41) is 15.5. The maximum atomic E-state index is 12.6. The number of anilines is 2. The van der Waals surface area contributed by atoms with Gasteiger partial charge in [-0.25, -0.2) is 0 Å². The summed E-state index contributed by atoms with van der Waals surface area (Å²) in [6.07, 6.45) is 0. The number of carbonyl (C=O) groups is 1. The Bertz CT molecular complexity index is 968. The predicted molar refractivity (Wildman–Crippen MR) is 119 cm³/mol. The van der Waals surface area contributed by atoms with E-state index in [1.54, 1.807) is 0 Å². The van der Waals surface area contributed by atoms with Crippen LogP contribution in [0.25, 0.3) is 0 Å². The monoisotopic (exact) mass is 409 g/mol. The van der Waals surface area contributed by atoms with E-state index in [4.69, 9.17) is 0 Å². The zero-order chi connectivity index (χ0) is 20.8. The van der Waals surface area contributed by atoms with E-state index < -0.39 is 0 Å². The average Bonchev–Trinajstić information content (AvgIpc) is 3.10. The first-order chi connectivity index (χ1) is 14.0. The zero-order valence-electron chi connectivity index (χ0n) is 17.3. The Hall–Kier alpha value is -2.80. The zero-order valence-corrected chi connectivity index (χ0v) is 18.1. The minimum absolute atomic E-state index is 0.0470. The topological polar surface area (TPSA) is 71.8 Å². The number of nitrogens with zero attached hydrogens (tertiary/aromatic N) is 3. The number of carbonyl (C=O) groups excluding carboxylic acids is 1. The molecule has 0 spiro atoms. The molecule has 1 amide bonds. The van der Waals surface area contributed by atoms with Gasteiger partial charge in [-0.3, -0.25) is 4.79 Å². The Kier molecular flexibility index (Phi) is 6.93. The molecule has 0 aliphatic heterocycles. The van der Waals surface area contributed by atoms with Crippen LogP contribution in [0.15, 0.2) is 53.7 Å². The molecule has 1 atom stereocenters. The number of hydrogen-bond donors (Lipinski definition) is 2. The van der Waals surface area contributed by atoms with E-state index in [1.165, 1.54) is 17.3 Å². The summed E-state index contributed by atoms with van der Waals surface area (Å²) in [4.78, 5) is 12.6. The maximum absolute atomic E-state index is 12.6. The number of thioether (sulfide) groups is 1. The molecule has 3 aromatic rings. The minimum atomic E-state index is -0.290. The maximum Gasteiger partial charge on any atom is 0.237 e. The van der Waals surface area contributed by atoms with Crippen molar-refractivity contribution in [1.29, 1.82) is 0 Å². The van der Waals surface area contributed by atoms with Crippen LogP contribution in [0.5, 0.6) is 0 Å². The Morgan fingerprint density at radius 3 is 2.52 bits per heavy atom. The van der Waals surface area contributed by atoms with Gasteiger partial charge in [-0.15, -0.1) is 10.2 Å². The lowest BCUT2D eigenvalue weighted by Gasteiger charge is -2.14. The third-order valence-electron chi connectivity index (χ3n) is 4.67. The third-order valence-corrected chi connectivity index (χ3v) is 5.75. The third kappa shape index (κ3) is 5.38. The quantitative estimate of drug-likeness (QED) is 0.530. The van der Waals surface area contributed by atoms with Gasteiger partial charge < -0.3 is 15.2 Å². The van der Waals surface area contributed by atoms with Crippen LogP contribution in [0.4, 0.5) is 11.4 Å². The van der Waals surface area contributed by atoms with Crippen LogP contribution in [0, 0.1) is 13.8 Å². The molecule has 0 unspecified atom stereocenters. The van der Waals surface area contributed by atoms with Crippen molar-refractivity contribution in [3.63, 3.8) is 0 Å². The molecule has 0 fully saturated rings. The largest absolute Gasteiger partial charge is 0.378 e. The lowest BCUT2D eigenvalue weighted by Crippen LogP contribution is -2.23. The van der Waals surface area contributed by atoms with Crippen molar-refractivity contribution < 1.29 is 4.79 Å². The molecule has 1 heterocycles. The molecular formula is C22H27N5OS. The van der Waals surface area contributed by atoms with E-state index in [9.17, 15) is 4.79 Å². The molecule has 6 nitrogen and oxygen atoms in total. The van der Waals surface area contributed by atoms with Crippen molar-refractivity contribution in [2.45, 2.75) is 51.2 Å². The van der Waals surface area contributed by atoms with Crippen LogP contribution < -0.4 is 10.6 Å². The SMILES string of the molecule is CCn1c(CNc2ccc(C)cc2)nnc1S[C@H](C)C(=O)Nc1ccccc1C. The predicted octanol–water partition coefficient (Wildman–Crippen LogP) is 4.65.